The Balaban J connectivity index is 1.90. The summed E-state index contributed by atoms with van der Waals surface area (Å²) in [6.45, 7) is 0.583. The number of amides is 1. The fourth-order valence-corrected chi connectivity index (χ4v) is 2.53. The van der Waals surface area contributed by atoms with Crippen molar-refractivity contribution < 1.29 is 27.2 Å². The number of benzene rings is 1. The molecule has 0 N–H and O–H groups in total. The van der Waals surface area contributed by atoms with Gasteiger partial charge in [-0.25, -0.2) is 0 Å². The van der Waals surface area contributed by atoms with E-state index < -0.39 is 12.1 Å². The maximum atomic E-state index is 12.5. The van der Waals surface area contributed by atoms with Crippen LogP contribution in [0, 0.1) is 0 Å². The van der Waals surface area contributed by atoms with Crippen LogP contribution in [0.2, 0.25) is 0 Å². The van der Waals surface area contributed by atoms with Gasteiger partial charge in [0.1, 0.15) is 11.8 Å². The van der Waals surface area contributed by atoms with E-state index in [0.717, 1.165) is 6.42 Å². The highest BCUT2D eigenvalue weighted by molar-refractivity contribution is 5.63. The third-order valence-electron chi connectivity index (χ3n) is 3.51. The Morgan fingerprint density at radius 2 is 2.13 bits per heavy atom. The molecule has 23 heavy (non-hydrogen) atoms. The molecule has 0 saturated carbocycles. The molecule has 1 atom stereocenters. The van der Waals surface area contributed by atoms with Gasteiger partial charge >= 0.3 is 6.36 Å². The van der Waals surface area contributed by atoms with Crippen LogP contribution in [0.1, 0.15) is 24.8 Å². The first-order chi connectivity index (χ1) is 11.0. The number of para-hydroxylation sites is 1. The summed E-state index contributed by atoms with van der Waals surface area (Å²) >= 11 is 0. The van der Waals surface area contributed by atoms with E-state index in [0.29, 0.717) is 19.4 Å². The summed E-state index contributed by atoms with van der Waals surface area (Å²) in [6.07, 6.45) is -2.65. The van der Waals surface area contributed by atoms with Crippen LogP contribution in [-0.4, -0.2) is 34.4 Å². The zero-order chi connectivity index (χ0) is 16.4. The average Bonchev–Trinajstić information content (AvgIpc) is 3.14. The molecule has 0 radical (unpaired) electrons. The van der Waals surface area contributed by atoms with Gasteiger partial charge in [0.05, 0.1) is 5.56 Å². The molecule has 0 spiro atoms. The number of carbonyl (C=O) groups excluding carboxylic acids is 1. The summed E-state index contributed by atoms with van der Waals surface area (Å²) in [5, 5.41) is 3.71. The van der Waals surface area contributed by atoms with Crippen molar-refractivity contribution in [3.05, 3.63) is 30.2 Å². The Morgan fingerprint density at radius 1 is 1.35 bits per heavy atom. The molecule has 1 amide bonds. The first kappa shape index (κ1) is 15.3. The Kier molecular flexibility index (Phi) is 3.93. The number of likely N-dealkylation sites (tertiary alicyclic amines) is 1. The number of halogens is 3. The molecule has 0 unspecified atom stereocenters. The molecule has 6 nitrogen and oxygen atoms in total. The smallest absolute Gasteiger partial charge is 0.405 e. The Bertz CT molecular complexity index is 702. The van der Waals surface area contributed by atoms with Crippen LogP contribution in [0.15, 0.2) is 28.8 Å². The average molecular weight is 327 g/mol. The predicted octanol–water partition coefficient (Wildman–Crippen LogP) is 2.93. The van der Waals surface area contributed by atoms with E-state index in [-0.39, 0.29) is 23.3 Å². The molecule has 3 rings (SSSR count). The molecule has 1 aromatic heterocycles. The Labute approximate surface area is 128 Å². The van der Waals surface area contributed by atoms with Gasteiger partial charge in [-0.05, 0) is 25.0 Å². The van der Waals surface area contributed by atoms with Crippen LogP contribution >= 0.6 is 0 Å². The molecule has 1 aromatic carbocycles. The summed E-state index contributed by atoms with van der Waals surface area (Å²) < 4.78 is 46.5. The van der Waals surface area contributed by atoms with Crippen molar-refractivity contribution in [3.63, 3.8) is 0 Å². The summed E-state index contributed by atoms with van der Waals surface area (Å²) in [5.41, 5.74) is 0.0653. The Hall–Kier alpha value is -2.58. The molecular formula is C14H12F3N3O3. The number of alkyl halides is 3. The van der Waals surface area contributed by atoms with E-state index in [2.05, 4.69) is 14.9 Å². The minimum absolute atomic E-state index is 0.0161. The second-order valence-electron chi connectivity index (χ2n) is 5.00. The van der Waals surface area contributed by atoms with Gasteiger partial charge in [-0.15, -0.1) is 13.2 Å². The number of aromatic nitrogens is 2. The van der Waals surface area contributed by atoms with Gasteiger partial charge in [-0.1, -0.05) is 17.3 Å². The highest BCUT2D eigenvalue weighted by Crippen LogP contribution is 2.34. The largest absolute Gasteiger partial charge is 0.573 e. The SMILES string of the molecule is O=CN1CCC[C@H]1c1nc(-c2ccccc2OC(F)(F)F)no1. The third kappa shape index (κ3) is 3.27. The zero-order valence-electron chi connectivity index (χ0n) is 11.8. The summed E-state index contributed by atoms with van der Waals surface area (Å²) in [5.74, 6) is -0.227. The molecule has 9 heteroatoms. The maximum absolute atomic E-state index is 12.5. The number of nitrogens with zero attached hydrogens (tertiary/aromatic N) is 3. The molecule has 2 heterocycles. The molecule has 1 saturated heterocycles. The van der Waals surface area contributed by atoms with E-state index >= 15 is 0 Å². The fourth-order valence-electron chi connectivity index (χ4n) is 2.53. The molecule has 0 bridgehead atoms. The summed E-state index contributed by atoms with van der Waals surface area (Å²) in [6, 6.07) is 5.19. The molecule has 1 fully saturated rings. The van der Waals surface area contributed by atoms with E-state index in [1.54, 1.807) is 6.07 Å². The fraction of sp³-hybridized carbons (Fsp3) is 0.357. The summed E-state index contributed by atoms with van der Waals surface area (Å²) in [4.78, 5) is 16.6. The lowest BCUT2D eigenvalue weighted by atomic mass is 10.2. The summed E-state index contributed by atoms with van der Waals surface area (Å²) in [7, 11) is 0. The van der Waals surface area contributed by atoms with Gasteiger partial charge in [0.2, 0.25) is 18.1 Å². The van der Waals surface area contributed by atoms with E-state index in [1.165, 1.54) is 23.1 Å². The lowest BCUT2D eigenvalue weighted by Gasteiger charge is -2.15. The lowest BCUT2D eigenvalue weighted by molar-refractivity contribution is -0.274. The van der Waals surface area contributed by atoms with Gasteiger partial charge in [0.15, 0.2) is 0 Å². The van der Waals surface area contributed by atoms with Crippen LogP contribution < -0.4 is 4.74 Å². The van der Waals surface area contributed by atoms with E-state index in [4.69, 9.17) is 4.52 Å². The second-order valence-corrected chi connectivity index (χ2v) is 5.00. The molecule has 0 aliphatic carbocycles. The van der Waals surface area contributed by atoms with Gasteiger partial charge < -0.3 is 14.2 Å². The Morgan fingerprint density at radius 3 is 2.87 bits per heavy atom. The van der Waals surface area contributed by atoms with Crippen molar-refractivity contribution in [2.24, 2.45) is 0 Å². The molecule has 2 aromatic rings. The van der Waals surface area contributed by atoms with Crippen molar-refractivity contribution in [3.8, 4) is 17.1 Å². The van der Waals surface area contributed by atoms with Crippen LogP contribution in [0.5, 0.6) is 5.75 Å². The molecule has 1 aliphatic rings. The van der Waals surface area contributed by atoms with Crippen molar-refractivity contribution in [2.45, 2.75) is 25.2 Å². The van der Waals surface area contributed by atoms with Gasteiger partial charge in [-0.3, -0.25) is 4.79 Å². The maximum Gasteiger partial charge on any atom is 0.573 e. The highest BCUT2D eigenvalue weighted by atomic mass is 19.4. The topological polar surface area (TPSA) is 68.5 Å². The quantitative estimate of drug-likeness (QED) is 0.808. The van der Waals surface area contributed by atoms with Crippen LogP contribution in [0.25, 0.3) is 11.4 Å². The lowest BCUT2D eigenvalue weighted by Crippen LogP contribution is -2.21. The molecular weight excluding hydrogens is 315 g/mol. The number of ether oxygens (including phenoxy) is 1. The number of rotatable bonds is 4. The minimum atomic E-state index is -4.82. The first-order valence-electron chi connectivity index (χ1n) is 6.88. The van der Waals surface area contributed by atoms with Crippen LogP contribution in [-0.2, 0) is 4.79 Å². The standard InChI is InChI=1S/C14H12F3N3O3/c15-14(16,17)22-11-6-2-1-4-9(11)12-18-13(23-19-12)10-5-3-7-20(10)8-21/h1-2,4,6,8,10H,3,5,7H2/t10-/m0/s1. The van der Waals surface area contributed by atoms with Crippen molar-refractivity contribution in [1.82, 2.24) is 15.0 Å². The zero-order valence-corrected chi connectivity index (χ0v) is 11.8. The number of carbonyl (C=O) groups is 1. The minimum Gasteiger partial charge on any atom is -0.405 e. The normalized spacial score (nSPS) is 18.2. The van der Waals surface area contributed by atoms with Gasteiger partial charge in [-0.2, -0.15) is 4.98 Å². The van der Waals surface area contributed by atoms with Crippen molar-refractivity contribution in [1.29, 1.82) is 0 Å². The van der Waals surface area contributed by atoms with Crippen molar-refractivity contribution >= 4 is 6.41 Å². The second kappa shape index (κ2) is 5.90. The van der Waals surface area contributed by atoms with E-state index in [9.17, 15) is 18.0 Å². The van der Waals surface area contributed by atoms with Crippen molar-refractivity contribution in [2.75, 3.05) is 6.54 Å². The third-order valence-corrected chi connectivity index (χ3v) is 3.51. The van der Waals surface area contributed by atoms with Crippen LogP contribution in [0.4, 0.5) is 13.2 Å². The number of hydrogen-bond acceptors (Lipinski definition) is 5. The molecule has 1 aliphatic heterocycles. The van der Waals surface area contributed by atoms with Gasteiger partial charge in [0.25, 0.3) is 0 Å². The monoisotopic (exact) mass is 327 g/mol. The van der Waals surface area contributed by atoms with Crippen LogP contribution in [0.3, 0.4) is 0 Å². The number of hydrogen-bond donors (Lipinski definition) is 0. The molecule has 122 valence electrons. The van der Waals surface area contributed by atoms with Gasteiger partial charge in [0, 0.05) is 6.54 Å². The predicted molar refractivity (Wildman–Crippen MR) is 71.2 cm³/mol. The highest BCUT2D eigenvalue weighted by Gasteiger charge is 2.33. The van der Waals surface area contributed by atoms with E-state index in [1.807, 2.05) is 0 Å². The first-order valence-corrected chi connectivity index (χ1v) is 6.88.